The molecule has 3 aliphatic carbocycles. The maximum Gasteiger partial charge on any atom is 0.254 e. The van der Waals surface area contributed by atoms with Crippen LogP contribution in [0.2, 0.25) is 0 Å². The van der Waals surface area contributed by atoms with Gasteiger partial charge in [0.2, 0.25) is 0 Å². The van der Waals surface area contributed by atoms with E-state index in [0.29, 0.717) is 34.7 Å². The number of hydrogen-bond acceptors (Lipinski definition) is 5. The summed E-state index contributed by atoms with van der Waals surface area (Å²) in [6.45, 7) is 2.78. The molecule has 0 N–H and O–H groups in total. The van der Waals surface area contributed by atoms with Gasteiger partial charge < -0.3 is 9.47 Å². The van der Waals surface area contributed by atoms with Crippen LogP contribution < -0.4 is 9.47 Å². The molecule has 1 heterocycles. The molecule has 4 atom stereocenters. The maximum atomic E-state index is 13.0. The summed E-state index contributed by atoms with van der Waals surface area (Å²) in [6.07, 6.45) is 7.68. The summed E-state index contributed by atoms with van der Waals surface area (Å²) in [5.41, 5.74) is 1.75. The van der Waals surface area contributed by atoms with Gasteiger partial charge in [-0.2, -0.15) is 10.1 Å². The number of benzene rings is 2. The second-order valence-corrected chi connectivity index (χ2v) is 9.47. The quantitative estimate of drug-likeness (QED) is 0.301. The number of amides is 2. The van der Waals surface area contributed by atoms with Gasteiger partial charge in [0, 0.05) is 0 Å². The number of nitrogens with zero attached hydrogens (tertiary/aromatic N) is 2. The highest BCUT2D eigenvalue weighted by atomic mass is 79.9. The molecule has 0 unspecified atom stereocenters. The van der Waals surface area contributed by atoms with Crippen molar-refractivity contribution in [1.82, 2.24) is 5.01 Å². The van der Waals surface area contributed by atoms with E-state index in [9.17, 15) is 9.59 Å². The zero-order valence-electron chi connectivity index (χ0n) is 18.3. The fraction of sp³-hybridized carbons (Fsp3) is 0.346. The van der Waals surface area contributed by atoms with Crippen molar-refractivity contribution in [2.45, 2.75) is 26.4 Å². The Morgan fingerprint density at radius 1 is 1.03 bits per heavy atom. The molecule has 0 aromatic heterocycles. The first kappa shape index (κ1) is 21.9. The molecule has 0 radical (unpaired) electrons. The van der Waals surface area contributed by atoms with Crippen molar-refractivity contribution >= 4 is 34.0 Å². The largest absolute Gasteiger partial charge is 0.490 e. The van der Waals surface area contributed by atoms with E-state index < -0.39 is 0 Å². The van der Waals surface area contributed by atoms with Crippen molar-refractivity contribution < 1.29 is 19.1 Å². The average Bonchev–Trinajstić information content (AvgIpc) is 3.10. The number of rotatable bonds is 7. The lowest BCUT2D eigenvalue weighted by Gasteiger charge is -2.37. The Hall–Kier alpha value is -2.93. The first-order chi connectivity index (χ1) is 16.1. The van der Waals surface area contributed by atoms with E-state index in [1.165, 1.54) is 6.21 Å². The van der Waals surface area contributed by atoms with Crippen molar-refractivity contribution in [2.24, 2.45) is 28.8 Å². The van der Waals surface area contributed by atoms with Crippen molar-refractivity contribution in [3.8, 4) is 11.5 Å². The van der Waals surface area contributed by atoms with Gasteiger partial charge in [-0.05, 0) is 70.8 Å². The van der Waals surface area contributed by atoms with Gasteiger partial charge in [0.25, 0.3) is 11.8 Å². The van der Waals surface area contributed by atoms with Crippen molar-refractivity contribution in [2.75, 3.05) is 6.61 Å². The second-order valence-electron chi connectivity index (χ2n) is 8.61. The highest BCUT2D eigenvalue weighted by Gasteiger charge is 2.56. The smallest absolute Gasteiger partial charge is 0.254 e. The van der Waals surface area contributed by atoms with Gasteiger partial charge in [-0.1, -0.05) is 42.5 Å². The summed E-state index contributed by atoms with van der Waals surface area (Å²) >= 11 is 3.57. The number of ether oxygens (including phenoxy) is 2. The molecule has 1 aliphatic heterocycles. The lowest BCUT2D eigenvalue weighted by atomic mass is 9.63. The third kappa shape index (κ3) is 4.10. The molecule has 4 aliphatic rings. The van der Waals surface area contributed by atoms with Crippen LogP contribution in [-0.2, 0) is 16.2 Å². The first-order valence-electron chi connectivity index (χ1n) is 11.3. The molecule has 6 nitrogen and oxygen atoms in total. The highest BCUT2D eigenvalue weighted by molar-refractivity contribution is 9.10. The molecule has 2 aromatic carbocycles. The van der Waals surface area contributed by atoms with Crippen LogP contribution in [0.4, 0.5) is 0 Å². The SMILES string of the molecule is CCOc1cc(/C=N\N2C(=O)[C@@H]3[C@@H](C2=O)[C@@H]2C=C[C@@H]3CC2)cc(Br)c1OCc1ccccc1. The third-order valence-corrected chi connectivity index (χ3v) is 7.21. The molecule has 7 heteroatoms. The topological polar surface area (TPSA) is 68.2 Å². The molecule has 2 amide bonds. The van der Waals surface area contributed by atoms with Crippen LogP contribution in [0.3, 0.4) is 0 Å². The standard InChI is InChI=1S/C26H25BrN2O4/c1-2-32-21-13-17(12-20(27)24(21)33-15-16-6-4-3-5-7-16)14-28-29-25(30)22-18-8-9-19(11-10-18)23(22)26(29)31/h3-9,12-14,18-19,22-23H,2,10-11,15H2,1H3/b28-14-/t18-,19-,22+,23+/m1/s1. The Morgan fingerprint density at radius 3 is 2.30 bits per heavy atom. The fourth-order valence-corrected chi connectivity index (χ4v) is 5.67. The Kier molecular flexibility index (Phi) is 6.06. The fourth-order valence-electron chi connectivity index (χ4n) is 5.09. The summed E-state index contributed by atoms with van der Waals surface area (Å²) in [5.74, 6) is 0.557. The molecule has 170 valence electrons. The summed E-state index contributed by atoms with van der Waals surface area (Å²) < 4.78 is 12.5. The van der Waals surface area contributed by atoms with Gasteiger partial charge in [0.1, 0.15) is 6.61 Å². The summed E-state index contributed by atoms with van der Waals surface area (Å²) in [4.78, 5) is 26.0. The Morgan fingerprint density at radius 2 is 1.70 bits per heavy atom. The normalized spacial score (nSPS) is 25.7. The Balaban J connectivity index is 1.36. The van der Waals surface area contributed by atoms with Crippen LogP contribution in [0.1, 0.15) is 30.9 Å². The molecule has 2 bridgehead atoms. The number of imide groups is 1. The van der Waals surface area contributed by atoms with E-state index in [1.807, 2.05) is 43.3 Å². The van der Waals surface area contributed by atoms with Gasteiger partial charge in [0.05, 0.1) is 29.1 Å². The molecule has 1 saturated carbocycles. The van der Waals surface area contributed by atoms with Crippen molar-refractivity contribution in [1.29, 1.82) is 0 Å². The molecule has 2 fully saturated rings. The van der Waals surface area contributed by atoms with Gasteiger partial charge >= 0.3 is 0 Å². The predicted octanol–water partition coefficient (Wildman–Crippen LogP) is 4.96. The molecule has 33 heavy (non-hydrogen) atoms. The van der Waals surface area contributed by atoms with E-state index in [4.69, 9.17) is 9.47 Å². The molecular formula is C26H25BrN2O4. The number of carbonyl (C=O) groups is 2. The van der Waals surface area contributed by atoms with E-state index in [0.717, 1.165) is 23.4 Å². The van der Waals surface area contributed by atoms with Crippen molar-refractivity contribution in [3.63, 3.8) is 0 Å². The number of hydrogen-bond donors (Lipinski definition) is 0. The summed E-state index contributed by atoms with van der Waals surface area (Å²) in [7, 11) is 0. The number of halogens is 1. The average molecular weight is 509 g/mol. The summed E-state index contributed by atoms with van der Waals surface area (Å²) in [6, 6.07) is 13.5. The molecule has 6 rings (SSSR count). The minimum atomic E-state index is -0.266. The minimum absolute atomic E-state index is 0.149. The lowest BCUT2D eigenvalue weighted by molar-refractivity contribution is -0.140. The number of hydrazone groups is 1. The maximum absolute atomic E-state index is 13.0. The zero-order chi connectivity index (χ0) is 22.9. The van der Waals surface area contributed by atoms with Crippen LogP contribution in [-0.4, -0.2) is 29.6 Å². The highest BCUT2D eigenvalue weighted by Crippen LogP contribution is 2.49. The number of carbonyl (C=O) groups excluding carboxylic acids is 2. The van der Waals surface area contributed by atoms with Crippen LogP contribution >= 0.6 is 15.9 Å². The lowest BCUT2D eigenvalue weighted by Crippen LogP contribution is -2.38. The van der Waals surface area contributed by atoms with Gasteiger partial charge in [-0.3, -0.25) is 9.59 Å². The van der Waals surface area contributed by atoms with Gasteiger partial charge in [0.15, 0.2) is 11.5 Å². The van der Waals surface area contributed by atoms with E-state index >= 15 is 0 Å². The van der Waals surface area contributed by atoms with E-state index in [1.54, 1.807) is 6.07 Å². The number of fused-ring (bicyclic) bond motifs is 1. The summed E-state index contributed by atoms with van der Waals surface area (Å²) in [5, 5.41) is 5.38. The molecule has 0 spiro atoms. The van der Waals surface area contributed by atoms with E-state index in [2.05, 4.69) is 33.2 Å². The van der Waals surface area contributed by atoms with Crippen molar-refractivity contribution in [3.05, 3.63) is 70.2 Å². The third-order valence-electron chi connectivity index (χ3n) is 6.62. The van der Waals surface area contributed by atoms with E-state index in [-0.39, 0.29) is 35.5 Å². The second kappa shape index (κ2) is 9.14. The monoisotopic (exact) mass is 508 g/mol. The Bertz CT molecular complexity index is 1100. The first-order valence-corrected chi connectivity index (χ1v) is 12.1. The van der Waals surface area contributed by atoms with Crippen LogP contribution in [0.25, 0.3) is 0 Å². The van der Waals surface area contributed by atoms with Crippen LogP contribution in [0.5, 0.6) is 11.5 Å². The molecule has 1 saturated heterocycles. The molecular weight excluding hydrogens is 484 g/mol. The van der Waals surface area contributed by atoms with Crippen LogP contribution in [0.15, 0.2) is 64.2 Å². The number of allylic oxidation sites excluding steroid dienone is 2. The Labute approximate surface area is 201 Å². The zero-order valence-corrected chi connectivity index (χ0v) is 19.9. The van der Waals surface area contributed by atoms with Gasteiger partial charge in [-0.25, -0.2) is 0 Å². The molecule has 2 aromatic rings. The predicted molar refractivity (Wildman–Crippen MR) is 128 cm³/mol. The van der Waals surface area contributed by atoms with Gasteiger partial charge in [-0.15, -0.1) is 0 Å². The minimum Gasteiger partial charge on any atom is -0.490 e. The van der Waals surface area contributed by atoms with Crippen LogP contribution in [0, 0.1) is 23.7 Å².